The fraction of sp³-hybridized carbons (Fsp3) is 0.357. The molecule has 23 heavy (non-hydrogen) atoms. The highest BCUT2D eigenvalue weighted by molar-refractivity contribution is 7.57. The standard InChI is InChI=1S/C14H16N6O2S/c1-8-9(7-20(2)17-8)6-15-13(21)14(22)16-10-3-4-11-12(5-10)19-23-18-11/h3-5,7,11-12H,6H2,1-2H3,(H,15,21)(H,16,22)/t11-,12+/m0/s1. The lowest BCUT2D eigenvalue weighted by molar-refractivity contribution is -0.138. The molecule has 0 aromatic carbocycles. The maximum absolute atomic E-state index is 11.9. The third-order valence-electron chi connectivity index (χ3n) is 3.53. The van der Waals surface area contributed by atoms with Crippen molar-refractivity contribution in [2.45, 2.75) is 25.6 Å². The summed E-state index contributed by atoms with van der Waals surface area (Å²) in [6.45, 7) is 2.11. The maximum atomic E-state index is 11.9. The number of amides is 2. The summed E-state index contributed by atoms with van der Waals surface area (Å²) in [5.74, 6) is -1.39. The molecule has 3 rings (SSSR count). The summed E-state index contributed by atoms with van der Waals surface area (Å²) in [6, 6.07) is -0.0653. The van der Waals surface area contributed by atoms with Crippen molar-refractivity contribution in [2.75, 3.05) is 0 Å². The summed E-state index contributed by atoms with van der Waals surface area (Å²) < 4.78 is 10.1. The van der Waals surface area contributed by atoms with Gasteiger partial charge in [-0.3, -0.25) is 14.3 Å². The minimum absolute atomic E-state index is 0.0167. The second-order valence-corrected chi connectivity index (χ2v) is 5.89. The molecule has 0 saturated heterocycles. The van der Waals surface area contributed by atoms with Gasteiger partial charge in [0.25, 0.3) is 0 Å². The van der Waals surface area contributed by atoms with Crippen LogP contribution in [-0.2, 0) is 34.5 Å². The lowest BCUT2D eigenvalue weighted by Gasteiger charge is -2.15. The number of carbonyl (C=O) groups excluding carboxylic acids is 2. The van der Waals surface area contributed by atoms with Crippen molar-refractivity contribution in [3.63, 3.8) is 0 Å². The van der Waals surface area contributed by atoms with Crippen LogP contribution in [0, 0.1) is 6.92 Å². The largest absolute Gasteiger partial charge is 0.344 e. The number of allylic oxidation sites excluding steroid dienone is 1. The number of fused-ring (bicyclic) bond motifs is 1. The van der Waals surface area contributed by atoms with Gasteiger partial charge in [0.05, 0.1) is 17.0 Å². The summed E-state index contributed by atoms with van der Waals surface area (Å²) in [5.41, 5.74) is 2.25. The molecule has 0 spiro atoms. The van der Waals surface area contributed by atoms with Gasteiger partial charge in [0, 0.05) is 31.0 Å². The van der Waals surface area contributed by atoms with Gasteiger partial charge >= 0.3 is 11.8 Å². The Kier molecular flexibility index (Phi) is 4.20. The number of rotatable bonds is 3. The van der Waals surface area contributed by atoms with E-state index in [-0.39, 0.29) is 18.6 Å². The number of hydrogen-bond acceptors (Lipinski definition) is 5. The molecule has 8 nitrogen and oxygen atoms in total. The quantitative estimate of drug-likeness (QED) is 0.769. The Labute approximate surface area is 136 Å². The topological polar surface area (TPSA) is 101 Å². The van der Waals surface area contributed by atoms with E-state index in [1.165, 1.54) is 11.4 Å². The first kappa shape index (κ1) is 15.3. The number of hydrogen-bond donors (Lipinski definition) is 2. The van der Waals surface area contributed by atoms with Crippen molar-refractivity contribution in [3.8, 4) is 0 Å². The van der Waals surface area contributed by atoms with Crippen LogP contribution in [0.3, 0.4) is 0 Å². The molecule has 1 aromatic heterocycles. The number of aromatic nitrogens is 2. The molecule has 1 aliphatic carbocycles. The van der Waals surface area contributed by atoms with E-state index in [0.717, 1.165) is 11.3 Å². The molecule has 2 aliphatic rings. The maximum Gasteiger partial charge on any atom is 0.313 e. The fourth-order valence-corrected chi connectivity index (χ4v) is 2.98. The lowest BCUT2D eigenvalue weighted by atomic mass is 10.0. The molecule has 9 heteroatoms. The van der Waals surface area contributed by atoms with E-state index < -0.39 is 11.8 Å². The lowest BCUT2D eigenvalue weighted by Crippen LogP contribution is -2.39. The highest BCUT2D eigenvalue weighted by Gasteiger charge is 2.24. The third-order valence-corrected chi connectivity index (χ3v) is 4.20. The summed E-state index contributed by atoms with van der Waals surface area (Å²) in [4.78, 5) is 23.8. The zero-order valence-corrected chi connectivity index (χ0v) is 13.5. The molecule has 2 N–H and O–H groups in total. The Morgan fingerprint density at radius 2 is 2.09 bits per heavy atom. The highest BCUT2D eigenvalue weighted by Crippen LogP contribution is 2.18. The van der Waals surface area contributed by atoms with Gasteiger partial charge in [-0.25, -0.2) is 8.73 Å². The molecular weight excluding hydrogens is 316 g/mol. The highest BCUT2D eigenvalue weighted by atomic mass is 32.1. The fourth-order valence-electron chi connectivity index (χ4n) is 2.33. The average Bonchev–Trinajstić information content (AvgIpc) is 3.10. The Balaban J connectivity index is 1.54. The zero-order chi connectivity index (χ0) is 16.4. The molecule has 1 aliphatic heterocycles. The second kappa shape index (κ2) is 6.29. The molecule has 120 valence electrons. The molecule has 0 bridgehead atoms. The third kappa shape index (κ3) is 3.45. The van der Waals surface area contributed by atoms with Gasteiger partial charge in [-0.15, -0.1) is 0 Å². The predicted octanol–water partition coefficient (Wildman–Crippen LogP) is 0.115. The van der Waals surface area contributed by atoms with Crippen LogP contribution in [0.15, 0.2) is 38.8 Å². The Morgan fingerprint density at radius 1 is 1.30 bits per heavy atom. The van der Waals surface area contributed by atoms with Gasteiger partial charge in [-0.1, -0.05) is 6.08 Å². The van der Waals surface area contributed by atoms with Crippen LogP contribution in [0.2, 0.25) is 0 Å². The van der Waals surface area contributed by atoms with Crippen LogP contribution in [0.4, 0.5) is 0 Å². The summed E-state index contributed by atoms with van der Waals surface area (Å²) in [7, 11) is 1.80. The Bertz CT molecular complexity index is 787. The Morgan fingerprint density at radius 3 is 2.83 bits per heavy atom. The number of nitrogens with zero attached hydrogens (tertiary/aromatic N) is 4. The zero-order valence-electron chi connectivity index (χ0n) is 12.7. The Hall–Kier alpha value is -2.55. The molecule has 0 saturated carbocycles. The van der Waals surface area contributed by atoms with Gasteiger partial charge in [-0.05, 0) is 19.1 Å². The average molecular weight is 332 g/mol. The monoisotopic (exact) mass is 332 g/mol. The van der Waals surface area contributed by atoms with E-state index in [4.69, 9.17) is 0 Å². The van der Waals surface area contributed by atoms with E-state index in [1.54, 1.807) is 23.9 Å². The SMILES string of the molecule is Cc1nn(C)cc1CNC(=O)C(=O)NC1=C[C@H]2N=S=N[C@H]2C=C1. The number of carbonyl (C=O) groups is 2. The summed E-state index contributed by atoms with van der Waals surface area (Å²) in [6.07, 6.45) is 7.20. The van der Waals surface area contributed by atoms with Crippen LogP contribution in [0.25, 0.3) is 0 Å². The molecule has 2 amide bonds. The molecule has 0 unspecified atom stereocenters. The van der Waals surface area contributed by atoms with E-state index in [2.05, 4.69) is 24.5 Å². The molecule has 1 aromatic rings. The molecule has 0 fully saturated rings. The number of nitrogens with one attached hydrogen (secondary N) is 2. The van der Waals surface area contributed by atoms with E-state index in [0.29, 0.717) is 5.70 Å². The first-order valence-electron chi connectivity index (χ1n) is 7.08. The van der Waals surface area contributed by atoms with Crippen LogP contribution in [-0.4, -0.2) is 33.7 Å². The molecular formula is C14H16N6O2S. The van der Waals surface area contributed by atoms with Gasteiger partial charge in [0.1, 0.15) is 12.1 Å². The molecule has 0 radical (unpaired) electrons. The van der Waals surface area contributed by atoms with E-state index >= 15 is 0 Å². The normalized spacial score (nSPS) is 21.4. The predicted molar refractivity (Wildman–Crippen MR) is 85.0 cm³/mol. The van der Waals surface area contributed by atoms with Crippen LogP contribution in [0.5, 0.6) is 0 Å². The van der Waals surface area contributed by atoms with Crippen LogP contribution in [0.1, 0.15) is 11.3 Å². The minimum Gasteiger partial charge on any atom is -0.344 e. The van der Waals surface area contributed by atoms with Crippen molar-refractivity contribution < 1.29 is 9.59 Å². The summed E-state index contributed by atoms with van der Waals surface area (Å²) in [5, 5.41) is 9.35. The number of aryl methyl sites for hydroxylation is 2. The van der Waals surface area contributed by atoms with Crippen molar-refractivity contribution in [3.05, 3.63) is 41.4 Å². The molecule has 2 atom stereocenters. The van der Waals surface area contributed by atoms with Crippen molar-refractivity contribution in [2.24, 2.45) is 15.8 Å². The summed E-state index contributed by atoms with van der Waals surface area (Å²) >= 11 is 1.17. The minimum atomic E-state index is -0.705. The van der Waals surface area contributed by atoms with Crippen molar-refractivity contribution in [1.29, 1.82) is 0 Å². The first-order chi connectivity index (χ1) is 11.0. The van der Waals surface area contributed by atoms with Crippen LogP contribution >= 0.6 is 0 Å². The molecule has 2 heterocycles. The second-order valence-electron chi connectivity index (χ2n) is 5.30. The van der Waals surface area contributed by atoms with Crippen molar-refractivity contribution in [1.82, 2.24) is 20.4 Å². The van der Waals surface area contributed by atoms with Gasteiger partial charge in [0.2, 0.25) is 0 Å². The smallest absolute Gasteiger partial charge is 0.313 e. The van der Waals surface area contributed by atoms with Crippen molar-refractivity contribution >= 4 is 23.2 Å². The first-order valence-corrected chi connectivity index (χ1v) is 7.81. The van der Waals surface area contributed by atoms with Gasteiger partial charge < -0.3 is 10.6 Å². The van der Waals surface area contributed by atoms with E-state index in [1.807, 2.05) is 19.2 Å². The van der Waals surface area contributed by atoms with Crippen LogP contribution < -0.4 is 10.6 Å². The van der Waals surface area contributed by atoms with E-state index in [9.17, 15) is 9.59 Å². The van der Waals surface area contributed by atoms with Gasteiger partial charge in [0.15, 0.2) is 0 Å². The van der Waals surface area contributed by atoms with Gasteiger partial charge in [-0.2, -0.15) is 5.10 Å².